The number of hydrogen-bond acceptors (Lipinski definition) is 5. The van der Waals surface area contributed by atoms with Crippen LogP contribution < -0.4 is 4.74 Å². The van der Waals surface area contributed by atoms with Crippen LogP contribution in [0.25, 0.3) is 17.1 Å². The number of nitrogens with zero attached hydrogens (tertiary/aromatic N) is 4. The summed E-state index contributed by atoms with van der Waals surface area (Å²) >= 11 is 1.52. The lowest BCUT2D eigenvalue weighted by molar-refractivity contribution is 0.325. The molecular formula is C23H21FN4OS. The minimum Gasteiger partial charge on any atom is -0.490 e. The van der Waals surface area contributed by atoms with E-state index in [4.69, 9.17) is 4.74 Å². The molecule has 0 aliphatic rings. The van der Waals surface area contributed by atoms with Crippen LogP contribution in [0.5, 0.6) is 5.75 Å². The van der Waals surface area contributed by atoms with E-state index in [-0.39, 0.29) is 11.6 Å². The molecule has 2 aromatic heterocycles. The zero-order chi connectivity index (χ0) is 20.8. The van der Waals surface area contributed by atoms with E-state index in [0.29, 0.717) is 12.4 Å². The van der Waals surface area contributed by atoms with E-state index in [2.05, 4.69) is 46.4 Å². The van der Waals surface area contributed by atoms with Crippen LogP contribution >= 0.6 is 11.8 Å². The predicted molar refractivity (Wildman–Crippen MR) is 117 cm³/mol. The summed E-state index contributed by atoms with van der Waals surface area (Å²) in [5.41, 5.74) is 3.19. The molecule has 0 radical (unpaired) electrons. The van der Waals surface area contributed by atoms with Crippen molar-refractivity contribution in [2.45, 2.75) is 18.5 Å². The van der Waals surface area contributed by atoms with E-state index in [9.17, 15) is 4.39 Å². The SMILES string of the molecule is CCc1ccc(-n2c(SCCOc3ccccc3F)nnc2-c2ccncc2)cc1. The van der Waals surface area contributed by atoms with Gasteiger partial charge in [0.25, 0.3) is 0 Å². The summed E-state index contributed by atoms with van der Waals surface area (Å²) in [5, 5.41) is 9.57. The molecule has 2 heterocycles. The van der Waals surface area contributed by atoms with Crippen molar-refractivity contribution < 1.29 is 9.13 Å². The Labute approximate surface area is 179 Å². The quantitative estimate of drug-likeness (QED) is 0.290. The van der Waals surface area contributed by atoms with Crippen molar-refractivity contribution in [2.24, 2.45) is 0 Å². The highest BCUT2D eigenvalue weighted by Gasteiger charge is 2.16. The van der Waals surface area contributed by atoms with Gasteiger partial charge in [-0.3, -0.25) is 9.55 Å². The van der Waals surface area contributed by atoms with Crippen LogP contribution in [-0.2, 0) is 6.42 Å². The molecule has 0 atom stereocenters. The lowest BCUT2D eigenvalue weighted by atomic mass is 10.1. The molecule has 0 aliphatic heterocycles. The zero-order valence-corrected chi connectivity index (χ0v) is 17.3. The van der Waals surface area contributed by atoms with Gasteiger partial charge in [0, 0.05) is 29.4 Å². The first-order chi connectivity index (χ1) is 14.8. The summed E-state index contributed by atoms with van der Waals surface area (Å²) in [6.45, 7) is 2.49. The molecule has 2 aromatic carbocycles. The number of para-hydroxylation sites is 1. The van der Waals surface area contributed by atoms with Gasteiger partial charge in [-0.15, -0.1) is 10.2 Å². The van der Waals surface area contributed by atoms with E-state index in [1.807, 2.05) is 16.7 Å². The molecule has 30 heavy (non-hydrogen) atoms. The lowest BCUT2D eigenvalue weighted by Gasteiger charge is -2.11. The Morgan fingerprint density at radius 1 is 0.967 bits per heavy atom. The van der Waals surface area contributed by atoms with E-state index < -0.39 is 0 Å². The van der Waals surface area contributed by atoms with Gasteiger partial charge in [0.05, 0.1) is 6.61 Å². The smallest absolute Gasteiger partial charge is 0.196 e. The van der Waals surface area contributed by atoms with Crippen molar-refractivity contribution >= 4 is 11.8 Å². The number of aromatic nitrogens is 4. The summed E-state index contributed by atoms with van der Waals surface area (Å²) < 4.78 is 21.3. The maximum atomic E-state index is 13.7. The Balaban J connectivity index is 1.56. The van der Waals surface area contributed by atoms with Gasteiger partial charge in [-0.05, 0) is 48.4 Å². The highest BCUT2D eigenvalue weighted by atomic mass is 32.2. The minimum atomic E-state index is -0.360. The Bertz CT molecular complexity index is 1100. The third-order valence-electron chi connectivity index (χ3n) is 4.58. The largest absolute Gasteiger partial charge is 0.490 e. The molecule has 7 heteroatoms. The van der Waals surface area contributed by atoms with Crippen molar-refractivity contribution in [3.8, 4) is 22.8 Å². The van der Waals surface area contributed by atoms with Crippen LogP contribution in [0.2, 0.25) is 0 Å². The lowest BCUT2D eigenvalue weighted by Crippen LogP contribution is -2.04. The van der Waals surface area contributed by atoms with Crippen molar-refractivity contribution in [1.82, 2.24) is 19.7 Å². The molecule has 0 amide bonds. The summed E-state index contributed by atoms with van der Waals surface area (Å²) in [6.07, 6.45) is 4.46. The van der Waals surface area contributed by atoms with Crippen LogP contribution in [-0.4, -0.2) is 32.1 Å². The third-order valence-corrected chi connectivity index (χ3v) is 5.48. The number of benzene rings is 2. The van der Waals surface area contributed by atoms with Crippen molar-refractivity contribution in [3.63, 3.8) is 0 Å². The molecule has 0 N–H and O–H groups in total. The molecule has 5 nitrogen and oxygen atoms in total. The van der Waals surface area contributed by atoms with Gasteiger partial charge >= 0.3 is 0 Å². The highest BCUT2D eigenvalue weighted by molar-refractivity contribution is 7.99. The predicted octanol–water partition coefficient (Wildman–Crippen LogP) is 5.20. The Morgan fingerprint density at radius 3 is 2.47 bits per heavy atom. The number of rotatable bonds is 8. The monoisotopic (exact) mass is 420 g/mol. The standard InChI is InChI=1S/C23H21FN4OS/c1-2-17-7-9-19(10-8-17)28-22(18-11-13-25-14-12-18)26-27-23(28)30-16-15-29-21-6-4-3-5-20(21)24/h3-14H,2,15-16H2,1H3. The van der Waals surface area contributed by atoms with Crippen molar-refractivity contribution in [2.75, 3.05) is 12.4 Å². The molecule has 152 valence electrons. The Hall–Kier alpha value is -3.19. The minimum absolute atomic E-state index is 0.257. The van der Waals surface area contributed by atoms with Crippen LogP contribution in [0, 0.1) is 5.82 Å². The van der Waals surface area contributed by atoms with Gasteiger partial charge in [0.2, 0.25) is 0 Å². The Kier molecular flexibility index (Phi) is 6.39. The van der Waals surface area contributed by atoms with Crippen LogP contribution in [0.15, 0.2) is 78.2 Å². The third kappa shape index (κ3) is 4.52. The first-order valence-corrected chi connectivity index (χ1v) is 10.7. The van der Waals surface area contributed by atoms with Gasteiger partial charge in [0.15, 0.2) is 22.5 Å². The van der Waals surface area contributed by atoms with Gasteiger partial charge in [-0.1, -0.05) is 43.0 Å². The van der Waals surface area contributed by atoms with Gasteiger partial charge in [0.1, 0.15) is 0 Å². The molecule has 0 bridgehead atoms. The fourth-order valence-corrected chi connectivity index (χ4v) is 3.78. The average molecular weight is 421 g/mol. The van der Waals surface area contributed by atoms with Gasteiger partial charge in [-0.25, -0.2) is 4.39 Å². The molecule has 0 spiro atoms. The van der Waals surface area contributed by atoms with Crippen LogP contribution in [0.1, 0.15) is 12.5 Å². The second kappa shape index (κ2) is 9.54. The topological polar surface area (TPSA) is 52.8 Å². The van der Waals surface area contributed by atoms with Crippen LogP contribution in [0.4, 0.5) is 4.39 Å². The maximum absolute atomic E-state index is 13.7. The molecule has 4 aromatic rings. The highest BCUT2D eigenvalue weighted by Crippen LogP contribution is 2.28. The number of thioether (sulfide) groups is 1. The van der Waals surface area contributed by atoms with E-state index in [1.165, 1.54) is 23.4 Å². The second-order valence-corrected chi connectivity index (χ2v) is 7.59. The fourth-order valence-electron chi connectivity index (χ4n) is 3.01. The number of hydrogen-bond donors (Lipinski definition) is 0. The number of aryl methyl sites for hydroxylation is 1. The summed E-state index contributed by atoms with van der Waals surface area (Å²) in [5.74, 6) is 1.25. The molecule has 4 rings (SSSR count). The molecule has 0 saturated heterocycles. The molecule has 0 saturated carbocycles. The van der Waals surface area contributed by atoms with Gasteiger partial charge < -0.3 is 4.74 Å². The summed E-state index contributed by atoms with van der Waals surface area (Å²) in [7, 11) is 0. The molecule has 0 unspecified atom stereocenters. The second-order valence-electron chi connectivity index (χ2n) is 6.52. The first-order valence-electron chi connectivity index (χ1n) is 9.71. The number of halogens is 1. The molecular weight excluding hydrogens is 399 g/mol. The first kappa shape index (κ1) is 20.1. The summed E-state index contributed by atoms with van der Waals surface area (Å²) in [4.78, 5) is 4.09. The van der Waals surface area contributed by atoms with E-state index in [1.54, 1.807) is 30.6 Å². The van der Waals surface area contributed by atoms with E-state index >= 15 is 0 Å². The zero-order valence-electron chi connectivity index (χ0n) is 16.5. The maximum Gasteiger partial charge on any atom is 0.196 e. The van der Waals surface area contributed by atoms with Crippen LogP contribution in [0.3, 0.4) is 0 Å². The van der Waals surface area contributed by atoms with Crippen molar-refractivity contribution in [1.29, 1.82) is 0 Å². The molecule has 0 aliphatic carbocycles. The van der Waals surface area contributed by atoms with Crippen molar-refractivity contribution in [3.05, 3.63) is 84.4 Å². The number of pyridine rings is 1. The van der Waals surface area contributed by atoms with Gasteiger partial charge in [-0.2, -0.15) is 0 Å². The number of ether oxygens (including phenoxy) is 1. The van der Waals surface area contributed by atoms with E-state index in [0.717, 1.165) is 28.7 Å². The average Bonchev–Trinajstić information content (AvgIpc) is 3.22. The summed E-state index contributed by atoms with van der Waals surface area (Å²) in [6, 6.07) is 18.6. The normalized spacial score (nSPS) is 10.9. The molecule has 0 fully saturated rings. The Morgan fingerprint density at radius 2 is 1.73 bits per heavy atom. The fraction of sp³-hybridized carbons (Fsp3) is 0.174.